The number of hydrogen-bond donors (Lipinski definition) is 2. The number of sulfonamides is 1. The first kappa shape index (κ1) is 13.4. The minimum absolute atomic E-state index is 0.176. The summed E-state index contributed by atoms with van der Waals surface area (Å²) in [6.45, 7) is 1.64. The van der Waals surface area contributed by atoms with E-state index in [1.54, 1.807) is 13.0 Å². The molecule has 20 heavy (non-hydrogen) atoms. The highest BCUT2D eigenvalue weighted by Crippen LogP contribution is 2.29. The van der Waals surface area contributed by atoms with Gasteiger partial charge in [0.1, 0.15) is 0 Å². The summed E-state index contributed by atoms with van der Waals surface area (Å²) < 4.78 is 27.5. The van der Waals surface area contributed by atoms with E-state index in [4.69, 9.17) is 5.73 Å². The Hall–Kier alpha value is -1.60. The normalized spacial score (nSPS) is 14.2. The van der Waals surface area contributed by atoms with Gasteiger partial charge in [-0.05, 0) is 49.4 Å². The molecule has 1 aliphatic rings. The van der Waals surface area contributed by atoms with Gasteiger partial charge in [0.05, 0.1) is 5.69 Å². The number of rotatable bonds is 3. The molecular formula is C13H15N3O2S2. The van der Waals surface area contributed by atoms with Crippen LogP contribution in [0.15, 0.2) is 22.4 Å². The van der Waals surface area contributed by atoms with Gasteiger partial charge in [0.25, 0.3) is 10.0 Å². The van der Waals surface area contributed by atoms with E-state index in [0.717, 1.165) is 30.6 Å². The third-order valence-corrected chi connectivity index (χ3v) is 6.34. The molecule has 3 rings (SSSR count). The van der Waals surface area contributed by atoms with Crippen LogP contribution in [0.3, 0.4) is 0 Å². The molecule has 0 saturated heterocycles. The van der Waals surface area contributed by atoms with Crippen LogP contribution in [0.25, 0.3) is 0 Å². The third kappa shape index (κ3) is 2.38. The van der Waals surface area contributed by atoms with Crippen LogP contribution in [0.5, 0.6) is 0 Å². The van der Waals surface area contributed by atoms with Crippen LogP contribution in [0.4, 0.5) is 10.8 Å². The van der Waals surface area contributed by atoms with E-state index in [9.17, 15) is 8.42 Å². The molecule has 0 fully saturated rings. The lowest BCUT2D eigenvalue weighted by molar-refractivity contribution is 0.602. The molecule has 0 atom stereocenters. The second-order valence-corrected chi connectivity index (χ2v) is 7.78. The van der Waals surface area contributed by atoms with Crippen LogP contribution in [0, 0.1) is 6.92 Å². The Morgan fingerprint density at radius 3 is 2.75 bits per heavy atom. The first-order chi connectivity index (χ1) is 9.45. The maximum Gasteiger partial charge on any atom is 0.273 e. The van der Waals surface area contributed by atoms with Crippen molar-refractivity contribution in [2.24, 2.45) is 0 Å². The van der Waals surface area contributed by atoms with Crippen molar-refractivity contribution in [3.63, 3.8) is 0 Å². The molecule has 1 aromatic heterocycles. The summed E-state index contributed by atoms with van der Waals surface area (Å²) >= 11 is 0.982. The fourth-order valence-corrected chi connectivity index (χ4v) is 4.84. The quantitative estimate of drug-likeness (QED) is 0.911. The number of aromatic nitrogens is 1. The van der Waals surface area contributed by atoms with Crippen LogP contribution in [-0.4, -0.2) is 13.4 Å². The number of nitrogen functional groups attached to an aromatic ring is 1. The molecule has 2 aromatic rings. The maximum absolute atomic E-state index is 12.3. The summed E-state index contributed by atoms with van der Waals surface area (Å²) in [5.41, 5.74) is 9.12. The molecule has 106 valence electrons. The first-order valence-electron chi connectivity index (χ1n) is 6.33. The lowest BCUT2D eigenvalue weighted by Crippen LogP contribution is -2.12. The highest BCUT2D eigenvalue weighted by Gasteiger charge is 2.22. The summed E-state index contributed by atoms with van der Waals surface area (Å²) in [6.07, 6.45) is 3.22. The lowest BCUT2D eigenvalue weighted by Gasteiger charge is -2.08. The molecule has 0 saturated carbocycles. The smallest absolute Gasteiger partial charge is 0.273 e. The van der Waals surface area contributed by atoms with Gasteiger partial charge in [-0.25, -0.2) is 13.4 Å². The minimum atomic E-state index is -3.61. The monoisotopic (exact) mass is 309 g/mol. The molecule has 5 nitrogen and oxygen atoms in total. The van der Waals surface area contributed by atoms with Crippen molar-refractivity contribution in [2.75, 3.05) is 10.5 Å². The van der Waals surface area contributed by atoms with Gasteiger partial charge >= 0.3 is 0 Å². The van der Waals surface area contributed by atoms with Gasteiger partial charge in [0.2, 0.25) is 0 Å². The summed E-state index contributed by atoms with van der Waals surface area (Å²) in [5, 5.41) is 0.261. The van der Waals surface area contributed by atoms with Crippen molar-refractivity contribution < 1.29 is 8.42 Å². The second-order valence-electron chi connectivity index (χ2n) is 4.87. The molecular weight excluding hydrogens is 294 g/mol. The van der Waals surface area contributed by atoms with E-state index in [1.165, 1.54) is 11.1 Å². The Kier molecular flexibility index (Phi) is 3.18. The predicted molar refractivity (Wildman–Crippen MR) is 80.5 cm³/mol. The number of thiazole rings is 1. The zero-order valence-electron chi connectivity index (χ0n) is 11.0. The van der Waals surface area contributed by atoms with Crippen molar-refractivity contribution in [3.05, 3.63) is 35.0 Å². The molecule has 0 aliphatic heterocycles. The Morgan fingerprint density at radius 2 is 2.05 bits per heavy atom. The zero-order chi connectivity index (χ0) is 14.3. The number of hydrogen-bond acceptors (Lipinski definition) is 5. The number of nitrogens with zero attached hydrogens (tertiary/aromatic N) is 1. The molecule has 0 bridgehead atoms. The van der Waals surface area contributed by atoms with E-state index in [0.29, 0.717) is 11.4 Å². The largest absolute Gasteiger partial charge is 0.375 e. The highest BCUT2D eigenvalue weighted by atomic mass is 32.2. The number of aryl methyl sites for hydroxylation is 3. The fraction of sp³-hybridized carbons (Fsp3) is 0.308. The topological polar surface area (TPSA) is 85.1 Å². The van der Waals surface area contributed by atoms with Crippen LogP contribution in [0.2, 0.25) is 0 Å². The number of benzene rings is 1. The Labute approximate surface area is 121 Å². The maximum atomic E-state index is 12.3. The Bertz CT molecular complexity index is 766. The van der Waals surface area contributed by atoms with Gasteiger partial charge in [-0.2, -0.15) is 0 Å². The van der Waals surface area contributed by atoms with Crippen LogP contribution in [-0.2, 0) is 22.9 Å². The molecule has 0 unspecified atom stereocenters. The summed E-state index contributed by atoms with van der Waals surface area (Å²) in [7, 11) is -3.61. The SMILES string of the molecule is Cc1nc(N)sc1S(=O)(=O)Nc1ccc2c(c1)CCC2. The van der Waals surface area contributed by atoms with Crippen LogP contribution >= 0.6 is 11.3 Å². The van der Waals surface area contributed by atoms with Gasteiger partial charge in [-0.15, -0.1) is 0 Å². The predicted octanol–water partition coefficient (Wildman–Crippen LogP) is 2.32. The van der Waals surface area contributed by atoms with Gasteiger partial charge < -0.3 is 5.73 Å². The number of fused-ring (bicyclic) bond motifs is 1. The fourth-order valence-electron chi connectivity index (χ4n) is 2.49. The van der Waals surface area contributed by atoms with Crippen LogP contribution in [0.1, 0.15) is 23.2 Å². The zero-order valence-corrected chi connectivity index (χ0v) is 12.6. The molecule has 1 heterocycles. The van der Waals surface area contributed by atoms with Crippen LogP contribution < -0.4 is 10.5 Å². The Morgan fingerprint density at radius 1 is 1.30 bits per heavy atom. The molecule has 0 radical (unpaired) electrons. The third-order valence-electron chi connectivity index (χ3n) is 3.37. The molecule has 3 N–H and O–H groups in total. The van der Waals surface area contributed by atoms with Gasteiger partial charge in [0, 0.05) is 5.69 Å². The van der Waals surface area contributed by atoms with E-state index < -0.39 is 10.0 Å². The van der Waals surface area contributed by atoms with Crippen molar-refractivity contribution in [1.82, 2.24) is 4.98 Å². The van der Waals surface area contributed by atoms with Gasteiger partial charge in [0.15, 0.2) is 9.34 Å². The Balaban J connectivity index is 1.92. The second kappa shape index (κ2) is 4.75. The van der Waals surface area contributed by atoms with E-state index in [1.807, 2.05) is 12.1 Å². The van der Waals surface area contributed by atoms with Crippen molar-refractivity contribution in [3.8, 4) is 0 Å². The highest BCUT2D eigenvalue weighted by molar-refractivity contribution is 7.94. The minimum Gasteiger partial charge on any atom is -0.375 e. The lowest BCUT2D eigenvalue weighted by atomic mass is 10.1. The summed E-state index contributed by atoms with van der Waals surface area (Å²) in [6, 6.07) is 5.72. The average molecular weight is 309 g/mol. The first-order valence-corrected chi connectivity index (χ1v) is 8.63. The van der Waals surface area contributed by atoms with Crippen molar-refractivity contribution in [1.29, 1.82) is 0 Å². The molecule has 0 amide bonds. The number of nitrogens with two attached hydrogens (primary N) is 1. The number of anilines is 2. The molecule has 1 aromatic carbocycles. The molecule has 7 heteroatoms. The molecule has 1 aliphatic carbocycles. The van der Waals surface area contributed by atoms with E-state index in [-0.39, 0.29) is 9.34 Å². The van der Waals surface area contributed by atoms with Gasteiger partial charge in [-0.1, -0.05) is 17.4 Å². The van der Waals surface area contributed by atoms with Gasteiger partial charge in [-0.3, -0.25) is 4.72 Å². The van der Waals surface area contributed by atoms with Crippen molar-refractivity contribution >= 4 is 32.2 Å². The standard InChI is InChI=1S/C13H15N3O2S2/c1-8-12(19-13(14)15-8)20(17,18)16-11-6-5-9-3-2-4-10(9)7-11/h5-7,16H,2-4H2,1H3,(H2,14,15). The van der Waals surface area contributed by atoms with E-state index >= 15 is 0 Å². The van der Waals surface area contributed by atoms with Crippen molar-refractivity contribution in [2.45, 2.75) is 30.4 Å². The average Bonchev–Trinajstić information content (AvgIpc) is 2.94. The summed E-state index contributed by atoms with van der Waals surface area (Å²) in [4.78, 5) is 3.95. The summed E-state index contributed by atoms with van der Waals surface area (Å²) in [5.74, 6) is 0. The number of nitrogens with one attached hydrogen (secondary N) is 1. The molecule has 0 spiro atoms. The van der Waals surface area contributed by atoms with E-state index in [2.05, 4.69) is 9.71 Å².